The maximum absolute atomic E-state index is 9.43. The first-order valence-corrected chi connectivity index (χ1v) is 7.55. The third-order valence-electron chi connectivity index (χ3n) is 4.96. The Morgan fingerprint density at radius 2 is 1.82 bits per heavy atom. The van der Waals surface area contributed by atoms with Crippen molar-refractivity contribution in [3.8, 4) is 0 Å². The molecule has 6 heteroatoms. The molecule has 0 spiro atoms. The van der Waals surface area contributed by atoms with Crippen molar-refractivity contribution >= 4 is 12.6 Å². The minimum Gasteiger partial charge on any atom is -0.423 e. The predicted octanol–water partition coefficient (Wildman–Crippen LogP) is 1.32. The Kier molecular flexibility index (Phi) is 3.30. The average molecular weight is 306 g/mol. The molecule has 120 valence electrons. The van der Waals surface area contributed by atoms with E-state index in [1.807, 2.05) is 6.07 Å². The Balaban J connectivity index is 2.16. The minimum absolute atomic E-state index is 0.237. The normalized spacial score (nSPS) is 33.2. The Morgan fingerprint density at radius 1 is 1.14 bits per heavy atom. The molecule has 0 aliphatic carbocycles. The van der Waals surface area contributed by atoms with Crippen molar-refractivity contribution in [2.24, 2.45) is 10.8 Å². The summed E-state index contributed by atoms with van der Waals surface area (Å²) in [7, 11) is -1.53. The van der Waals surface area contributed by atoms with Gasteiger partial charge in [-0.1, -0.05) is 58.9 Å². The Labute approximate surface area is 131 Å². The van der Waals surface area contributed by atoms with Gasteiger partial charge in [0.2, 0.25) is 0 Å². The fourth-order valence-electron chi connectivity index (χ4n) is 4.14. The molecule has 0 aromatic heterocycles. The van der Waals surface area contributed by atoms with E-state index in [0.717, 1.165) is 5.56 Å². The minimum atomic E-state index is -1.53. The van der Waals surface area contributed by atoms with Crippen LogP contribution in [0.15, 0.2) is 24.3 Å². The number of benzene rings is 1. The van der Waals surface area contributed by atoms with E-state index in [0.29, 0.717) is 12.1 Å². The maximum Gasteiger partial charge on any atom is 0.488 e. The highest BCUT2D eigenvalue weighted by Gasteiger charge is 2.81. The molecule has 1 aromatic rings. The topological polar surface area (TPSA) is 68.2 Å². The number of hydrogen-bond acceptors (Lipinski definition) is 5. The zero-order chi connectivity index (χ0) is 16.4. The molecule has 2 aliphatic rings. The number of fused-ring (bicyclic) bond motifs is 1. The van der Waals surface area contributed by atoms with Crippen molar-refractivity contribution in [3.63, 3.8) is 0 Å². The van der Waals surface area contributed by atoms with Crippen LogP contribution in [0, 0.1) is 10.8 Å². The van der Waals surface area contributed by atoms with Crippen molar-refractivity contribution < 1.29 is 24.6 Å². The second-order valence-corrected chi connectivity index (χ2v) is 7.89. The van der Waals surface area contributed by atoms with Gasteiger partial charge in [0.25, 0.3) is 5.79 Å². The molecule has 2 heterocycles. The average Bonchev–Trinajstić information content (AvgIpc) is 2.52. The number of rotatable bonds is 2. The molecular weight excluding hydrogens is 283 g/mol. The van der Waals surface area contributed by atoms with Crippen LogP contribution in [0.1, 0.15) is 40.2 Å². The highest BCUT2D eigenvalue weighted by Crippen LogP contribution is 2.68. The largest absolute Gasteiger partial charge is 0.488 e. The molecule has 5 nitrogen and oxygen atoms in total. The molecule has 0 bridgehead atoms. The van der Waals surface area contributed by atoms with Gasteiger partial charge in [-0.2, -0.15) is 4.89 Å². The van der Waals surface area contributed by atoms with Gasteiger partial charge in [0.1, 0.15) is 0 Å². The van der Waals surface area contributed by atoms with Gasteiger partial charge >= 0.3 is 7.12 Å². The summed E-state index contributed by atoms with van der Waals surface area (Å²) < 4.78 is 6.09. The molecule has 2 N–H and O–H groups in total. The van der Waals surface area contributed by atoms with Crippen LogP contribution in [0.4, 0.5) is 0 Å². The van der Waals surface area contributed by atoms with Gasteiger partial charge in [0, 0.05) is 16.4 Å². The van der Waals surface area contributed by atoms with E-state index in [9.17, 15) is 10.0 Å². The summed E-state index contributed by atoms with van der Waals surface area (Å²) in [5.74, 6) is -1.03. The van der Waals surface area contributed by atoms with Crippen LogP contribution in [0.25, 0.3) is 0 Å². The van der Waals surface area contributed by atoms with Crippen LogP contribution in [0.3, 0.4) is 0 Å². The van der Waals surface area contributed by atoms with Crippen LogP contribution >= 0.6 is 0 Å². The predicted molar refractivity (Wildman–Crippen MR) is 82.0 cm³/mol. The van der Waals surface area contributed by atoms with Crippen molar-refractivity contribution in [2.75, 3.05) is 6.61 Å². The van der Waals surface area contributed by atoms with Gasteiger partial charge in [-0.05, 0) is 5.46 Å². The van der Waals surface area contributed by atoms with Crippen LogP contribution in [0.2, 0.25) is 0 Å². The van der Waals surface area contributed by atoms with E-state index in [1.54, 1.807) is 18.2 Å². The lowest BCUT2D eigenvalue weighted by Gasteiger charge is -2.61. The summed E-state index contributed by atoms with van der Waals surface area (Å²) in [4.78, 5) is 11.3. The van der Waals surface area contributed by atoms with Gasteiger partial charge < -0.3 is 14.8 Å². The van der Waals surface area contributed by atoms with Crippen LogP contribution in [-0.2, 0) is 20.3 Å². The molecule has 2 saturated heterocycles. The third-order valence-corrected chi connectivity index (χ3v) is 4.96. The monoisotopic (exact) mass is 306 g/mol. The van der Waals surface area contributed by atoms with Crippen molar-refractivity contribution in [1.29, 1.82) is 0 Å². The van der Waals surface area contributed by atoms with Crippen LogP contribution in [0.5, 0.6) is 0 Å². The fraction of sp³-hybridized carbons (Fsp3) is 0.625. The van der Waals surface area contributed by atoms with Crippen molar-refractivity contribution in [1.82, 2.24) is 0 Å². The molecule has 2 atom stereocenters. The highest BCUT2D eigenvalue weighted by atomic mass is 17.3. The Morgan fingerprint density at radius 3 is 2.32 bits per heavy atom. The summed E-state index contributed by atoms with van der Waals surface area (Å²) >= 11 is 0. The summed E-state index contributed by atoms with van der Waals surface area (Å²) in [6, 6.07) is 7.00. The molecule has 2 unspecified atom stereocenters. The molecule has 2 aliphatic heterocycles. The Hall–Kier alpha value is -0.915. The summed E-state index contributed by atoms with van der Waals surface area (Å²) in [6.07, 6.45) is 0. The van der Waals surface area contributed by atoms with Gasteiger partial charge in [-0.3, -0.25) is 0 Å². The molecule has 22 heavy (non-hydrogen) atoms. The zero-order valence-corrected chi connectivity index (χ0v) is 13.7. The van der Waals surface area contributed by atoms with E-state index in [2.05, 4.69) is 34.6 Å². The van der Waals surface area contributed by atoms with Gasteiger partial charge in [0.05, 0.1) is 6.61 Å². The van der Waals surface area contributed by atoms with Crippen LogP contribution in [-0.4, -0.2) is 29.4 Å². The Bertz CT molecular complexity index is 594. The van der Waals surface area contributed by atoms with E-state index >= 15 is 0 Å². The van der Waals surface area contributed by atoms with Crippen LogP contribution < -0.4 is 5.46 Å². The van der Waals surface area contributed by atoms with Gasteiger partial charge in [0.15, 0.2) is 5.60 Å². The second-order valence-electron chi connectivity index (χ2n) is 7.89. The molecule has 0 saturated carbocycles. The fourth-order valence-corrected chi connectivity index (χ4v) is 4.14. The van der Waals surface area contributed by atoms with E-state index in [4.69, 9.17) is 14.5 Å². The first-order valence-electron chi connectivity index (χ1n) is 7.55. The summed E-state index contributed by atoms with van der Waals surface area (Å²) in [5, 5.41) is 18.9. The smallest absolute Gasteiger partial charge is 0.423 e. The first kappa shape index (κ1) is 16.0. The second kappa shape index (κ2) is 4.55. The zero-order valence-electron chi connectivity index (χ0n) is 13.7. The first-order chi connectivity index (χ1) is 10.1. The van der Waals surface area contributed by atoms with Crippen molar-refractivity contribution in [3.05, 3.63) is 29.8 Å². The molecule has 0 amide bonds. The SMILES string of the molecule is CC(C)(C)C12OOC1(c1cccc(B(O)O)c1)OCC2(C)C. The van der Waals surface area contributed by atoms with Gasteiger partial charge in [-0.25, -0.2) is 4.89 Å². The lowest BCUT2D eigenvalue weighted by atomic mass is 9.57. The van der Waals surface area contributed by atoms with E-state index in [1.165, 1.54) is 0 Å². The highest BCUT2D eigenvalue weighted by molar-refractivity contribution is 6.58. The standard InChI is InChI=1S/C16H23BO5/c1-13(2,3)16-14(4,5)10-20-15(16,21-22-16)11-7-6-8-12(9-11)17(18)19/h6-9,18-19H,10H2,1-5H3. The van der Waals surface area contributed by atoms with E-state index in [-0.39, 0.29) is 10.8 Å². The molecular formula is C16H23BO5. The number of hydrogen-bond donors (Lipinski definition) is 2. The quantitative estimate of drug-likeness (QED) is 0.637. The molecule has 0 radical (unpaired) electrons. The summed E-state index contributed by atoms with van der Waals surface area (Å²) in [6.45, 7) is 11.0. The molecule has 2 fully saturated rings. The maximum atomic E-state index is 9.43. The molecule has 1 aromatic carbocycles. The summed E-state index contributed by atoms with van der Waals surface area (Å²) in [5.41, 5.74) is -0.00836. The third kappa shape index (κ3) is 1.73. The molecule has 3 rings (SSSR count). The lowest BCUT2D eigenvalue weighted by molar-refractivity contribution is -0.626. The van der Waals surface area contributed by atoms with Crippen molar-refractivity contribution in [2.45, 2.75) is 46.0 Å². The number of ether oxygens (including phenoxy) is 1. The lowest BCUT2D eigenvalue weighted by Crippen LogP contribution is -2.73. The van der Waals surface area contributed by atoms with E-state index < -0.39 is 18.5 Å². The van der Waals surface area contributed by atoms with Gasteiger partial charge in [-0.15, -0.1) is 0 Å².